The van der Waals surface area contributed by atoms with Gasteiger partial charge in [-0.05, 0) is 30.3 Å². The first-order chi connectivity index (χ1) is 7.65. The standard InChI is InChI=1S/C10H8F2N2OS/c11-10(12)15-8-3-1-7(2-4-8)14-6-5-9(16)13-14/h1-6,10H,(H,13,16). The lowest BCUT2D eigenvalue weighted by Crippen LogP contribution is -2.02. The number of benzene rings is 1. The maximum absolute atomic E-state index is 11.9. The summed E-state index contributed by atoms with van der Waals surface area (Å²) in [6.45, 7) is -2.80. The number of nitrogens with zero attached hydrogens (tertiary/aromatic N) is 1. The smallest absolute Gasteiger partial charge is 0.387 e. The number of rotatable bonds is 3. The summed E-state index contributed by atoms with van der Waals surface area (Å²) in [5.41, 5.74) is 0.790. The Hall–Kier alpha value is -1.69. The zero-order valence-electron chi connectivity index (χ0n) is 8.06. The molecule has 3 nitrogen and oxygen atoms in total. The normalized spacial score (nSPS) is 10.7. The van der Waals surface area contributed by atoms with Crippen LogP contribution in [0.5, 0.6) is 5.75 Å². The van der Waals surface area contributed by atoms with E-state index >= 15 is 0 Å². The highest BCUT2D eigenvalue weighted by molar-refractivity contribution is 7.71. The number of alkyl halides is 2. The SMILES string of the molecule is FC(F)Oc1ccc(-n2ccc(=S)[nH]2)cc1. The number of ether oxygens (including phenoxy) is 1. The fourth-order valence-electron chi connectivity index (χ4n) is 1.27. The minimum atomic E-state index is -2.80. The molecular weight excluding hydrogens is 234 g/mol. The first kappa shape index (κ1) is 10.8. The maximum atomic E-state index is 11.9. The van der Waals surface area contributed by atoms with Crippen molar-refractivity contribution in [3.63, 3.8) is 0 Å². The Bertz CT molecular complexity index is 518. The number of aromatic nitrogens is 2. The van der Waals surface area contributed by atoms with Crippen LogP contribution in [0.25, 0.3) is 5.69 Å². The van der Waals surface area contributed by atoms with Gasteiger partial charge in [0.1, 0.15) is 10.4 Å². The van der Waals surface area contributed by atoms with Gasteiger partial charge in [-0.1, -0.05) is 12.2 Å². The molecule has 0 aliphatic heterocycles. The average molecular weight is 242 g/mol. The van der Waals surface area contributed by atoms with Gasteiger partial charge in [0.05, 0.1) is 5.69 Å². The molecule has 16 heavy (non-hydrogen) atoms. The largest absolute Gasteiger partial charge is 0.435 e. The van der Waals surface area contributed by atoms with E-state index < -0.39 is 6.61 Å². The van der Waals surface area contributed by atoms with Crippen LogP contribution >= 0.6 is 12.2 Å². The summed E-state index contributed by atoms with van der Waals surface area (Å²) in [5, 5.41) is 2.90. The lowest BCUT2D eigenvalue weighted by molar-refractivity contribution is -0.0498. The second-order valence-corrected chi connectivity index (χ2v) is 3.47. The first-order valence-corrected chi connectivity index (χ1v) is 4.89. The van der Waals surface area contributed by atoms with Crippen LogP contribution in [-0.2, 0) is 0 Å². The van der Waals surface area contributed by atoms with Gasteiger partial charge in [0, 0.05) is 6.20 Å². The van der Waals surface area contributed by atoms with E-state index in [9.17, 15) is 8.78 Å². The van der Waals surface area contributed by atoms with Crippen LogP contribution in [-0.4, -0.2) is 16.4 Å². The molecule has 0 fully saturated rings. The maximum Gasteiger partial charge on any atom is 0.387 e. The van der Waals surface area contributed by atoms with Crippen molar-refractivity contribution in [1.82, 2.24) is 9.78 Å². The zero-order chi connectivity index (χ0) is 11.5. The van der Waals surface area contributed by atoms with E-state index in [1.807, 2.05) is 0 Å². The fraction of sp³-hybridized carbons (Fsp3) is 0.100. The van der Waals surface area contributed by atoms with Crippen LogP contribution in [0.15, 0.2) is 36.5 Å². The Morgan fingerprint density at radius 2 is 1.88 bits per heavy atom. The molecule has 1 aromatic heterocycles. The summed E-state index contributed by atoms with van der Waals surface area (Å²) < 4.78 is 30.3. The van der Waals surface area contributed by atoms with Crippen molar-refractivity contribution in [2.75, 3.05) is 0 Å². The summed E-state index contributed by atoms with van der Waals surface area (Å²) in [4.78, 5) is 0. The van der Waals surface area contributed by atoms with Crippen LogP contribution < -0.4 is 4.74 Å². The third kappa shape index (κ3) is 2.46. The quantitative estimate of drug-likeness (QED) is 0.838. The monoisotopic (exact) mass is 242 g/mol. The minimum Gasteiger partial charge on any atom is -0.435 e. The zero-order valence-corrected chi connectivity index (χ0v) is 8.88. The highest BCUT2D eigenvalue weighted by Crippen LogP contribution is 2.16. The van der Waals surface area contributed by atoms with Crippen molar-refractivity contribution in [2.45, 2.75) is 6.61 Å². The Balaban J connectivity index is 2.22. The molecule has 0 unspecified atom stereocenters. The molecule has 0 spiro atoms. The topological polar surface area (TPSA) is 29.9 Å². The number of halogens is 2. The first-order valence-electron chi connectivity index (χ1n) is 4.48. The molecule has 1 N–H and O–H groups in total. The van der Waals surface area contributed by atoms with Crippen molar-refractivity contribution in [1.29, 1.82) is 0 Å². The molecule has 0 aliphatic carbocycles. The second kappa shape index (κ2) is 4.44. The van der Waals surface area contributed by atoms with Crippen LogP contribution in [0, 0.1) is 4.64 Å². The van der Waals surface area contributed by atoms with Gasteiger partial charge in [-0.25, -0.2) is 0 Å². The van der Waals surface area contributed by atoms with E-state index in [1.54, 1.807) is 29.1 Å². The number of nitrogens with one attached hydrogen (secondary N) is 1. The predicted octanol–water partition coefficient (Wildman–Crippen LogP) is 3.14. The van der Waals surface area contributed by atoms with Crippen molar-refractivity contribution in [2.24, 2.45) is 0 Å². The number of hydrogen-bond donors (Lipinski definition) is 1. The highest BCUT2D eigenvalue weighted by Gasteiger charge is 2.03. The van der Waals surface area contributed by atoms with Crippen LogP contribution in [0.2, 0.25) is 0 Å². The highest BCUT2D eigenvalue weighted by atomic mass is 32.1. The van der Waals surface area contributed by atoms with Crippen LogP contribution in [0.3, 0.4) is 0 Å². The Kier molecular flexibility index (Phi) is 3.00. The number of aromatic amines is 1. The molecule has 0 atom stereocenters. The van der Waals surface area contributed by atoms with Gasteiger partial charge >= 0.3 is 6.61 Å². The summed E-state index contributed by atoms with van der Waals surface area (Å²) in [6.07, 6.45) is 1.76. The lowest BCUT2D eigenvalue weighted by atomic mass is 10.3. The van der Waals surface area contributed by atoms with Crippen molar-refractivity contribution >= 4 is 12.2 Å². The third-order valence-electron chi connectivity index (χ3n) is 1.95. The minimum absolute atomic E-state index is 0.129. The van der Waals surface area contributed by atoms with E-state index in [2.05, 4.69) is 9.84 Å². The molecule has 0 radical (unpaired) electrons. The molecule has 0 amide bonds. The summed E-state index contributed by atoms with van der Waals surface area (Å²) >= 11 is 4.92. The van der Waals surface area contributed by atoms with Gasteiger partial charge in [0.15, 0.2) is 0 Å². The molecule has 0 bridgehead atoms. The van der Waals surface area contributed by atoms with Crippen molar-refractivity contribution in [3.8, 4) is 11.4 Å². The third-order valence-corrected chi connectivity index (χ3v) is 2.17. The molecule has 0 aliphatic rings. The molecule has 1 heterocycles. The van der Waals surface area contributed by atoms with Gasteiger partial charge in [0.2, 0.25) is 0 Å². The van der Waals surface area contributed by atoms with E-state index in [0.717, 1.165) is 5.69 Å². The lowest BCUT2D eigenvalue weighted by Gasteiger charge is -2.06. The average Bonchev–Trinajstić information content (AvgIpc) is 2.65. The van der Waals surface area contributed by atoms with Crippen molar-refractivity contribution in [3.05, 3.63) is 41.2 Å². The summed E-state index contributed by atoms with van der Waals surface area (Å²) in [5.74, 6) is 0.129. The van der Waals surface area contributed by atoms with E-state index in [1.165, 1.54) is 12.1 Å². The van der Waals surface area contributed by atoms with Gasteiger partial charge < -0.3 is 4.74 Å². The summed E-state index contributed by atoms with van der Waals surface area (Å²) in [7, 11) is 0. The van der Waals surface area contributed by atoms with E-state index in [4.69, 9.17) is 12.2 Å². The molecule has 2 aromatic rings. The van der Waals surface area contributed by atoms with Gasteiger partial charge in [0.25, 0.3) is 0 Å². The number of hydrogen-bond acceptors (Lipinski definition) is 2. The predicted molar refractivity (Wildman–Crippen MR) is 57.6 cm³/mol. The molecule has 0 saturated heterocycles. The summed E-state index contributed by atoms with van der Waals surface area (Å²) in [6, 6.07) is 7.99. The van der Waals surface area contributed by atoms with E-state index in [-0.39, 0.29) is 5.75 Å². The second-order valence-electron chi connectivity index (χ2n) is 3.03. The van der Waals surface area contributed by atoms with Gasteiger partial charge in [-0.15, -0.1) is 0 Å². The Morgan fingerprint density at radius 3 is 2.38 bits per heavy atom. The Labute approximate surface area is 95.3 Å². The molecule has 1 aromatic carbocycles. The molecule has 84 valence electrons. The molecule has 2 rings (SSSR count). The van der Waals surface area contributed by atoms with Crippen molar-refractivity contribution < 1.29 is 13.5 Å². The number of H-pyrrole nitrogens is 1. The Morgan fingerprint density at radius 1 is 1.19 bits per heavy atom. The molecule has 0 saturated carbocycles. The molecular formula is C10H8F2N2OS. The van der Waals surface area contributed by atoms with E-state index in [0.29, 0.717) is 4.64 Å². The van der Waals surface area contributed by atoms with Crippen LogP contribution in [0.1, 0.15) is 0 Å². The molecule has 6 heteroatoms. The van der Waals surface area contributed by atoms with Gasteiger partial charge in [-0.3, -0.25) is 9.78 Å². The van der Waals surface area contributed by atoms with Gasteiger partial charge in [-0.2, -0.15) is 8.78 Å². The van der Waals surface area contributed by atoms with Crippen LogP contribution in [0.4, 0.5) is 8.78 Å². The fourth-order valence-corrected chi connectivity index (χ4v) is 1.43.